The number of thiazole rings is 2. The third-order valence-corrected chi connectivity index (χ3v) is 26.2. The van der Waals surface area contributed by atoms with E-state index in [0.29, 0.717) is 138 Å². The molecule has 10 heterocycles. The molecule has 7 aromatic carbocycles. The molecule has 6 N–H and O–H groups in total. The summed E-state index contributed by atoms with van der Waals surface area (Å²) in [5.74, 6) is -0.365. The molecule has 5 aliphatic heterocycles. The van der Waals surface area contributed by atoms with Crippen molar-refractivity contribution in [1.29, 1.82) is 0 Å². The highest BCUT2D eigenvalue weighted by molar-refractivity contribution is 7.22. The van der Waals surface area contributed by atoms with Crippen molar-refractivity contribution in [3.63, 3.8) is 0 Å². The number of aliphatic carboxylic acids is 1. The SMILES string of the molecule is Cc1c(OCCCC2CCN(CC(=O)Nc3ccc4c(C5CCC(=O)NC5=O)nn(C)c4c3)CC2)cccc1-c1ccc(N2CCc3cccc(C(=O)Nc4nc5ccccc5s4)c3C2)nc1C(=O)O.Cc1c(OCCCC2CCN(CC(=O)O)CC2)cccc1-c1ccc(N2CCc3cccc(C(=O)Nc4nc5ccccc5s4)c3C2)nc1C(=O)OC(C)(C)C. The largest absolute Gasteiger partial charge is 0.493 e. The van der Waals surface area contributed by atoms with Gasteiger partial charge in [0.05, 0.1) is 63.9 Å². The average molecular weight is 1740 g/mol. The van der Waals surface area contributed by atoms with Gasteiger partial charge in [-0.15, -0.1) is 0 Å². The maximum absolute atomic E-state index is 13.9. The second-order valence-corrected chi connectivity index (χ2v) is 36.1. The molecule has 27 nitrogen and oxygen atoms in total. The van der Waals surface area contributed by atoms with E-state index in [1.54, 1.807) is 11.7 Å². The average Bonchev–Trinajstić information content (AvgIpc) is 1.27. The number of hydrogen-bond donors (Lipinski definition) is 6. The molecule has 0 radical (unpaired) electrons. The lowest BCUT2D eigenvalue weighted by Crippen LogP contribution is -2.39. The summed E-state index contributed by atoms with van der Waals surface area (Å²) in [7, 11) is 1.80. The Morgan fingerprint density at radius 2 is 1.05 bits per heavy atom. The van der Waals surface area contributed by atoms with Crippen LogP contribution in [0.4, 0.5) is 27.6 Å². The molecule has 5 amide bonds. The fraction of sp³-hybridized carbons (Fsp3) is 0.351. The van der Waals surface area contributed by atoms with E-state index in [4.69, 9.17) is 29.3 Å². The zero-order valence-corrected chi connectivity index (χ0v) is 73.1. The number of carboxylic acids is 2. The van der Waals surface area contributed by atoms with E-state index >= 15 is 0 Å². The van der Waals surface area contributed by atoms with Crippen LogP contribution in [0.25, 0.3) is 53.6 Å². The number of ether oxygens (including phenoxy) is 3. The number of pyridine rings is 2. The highest BCUT2D eigenvalue weighted by Crippen LogP contribution is 2.40. The van der Waals surface area contributed by atoms with Gasteiger partial charge >= 0.3 is 17.9 Å². The van der Waals surface area contributed by atoms with Crippen LogP contribution >= 0.6 is 22.7 Å². The number of fused-ring (bicyclic) bond motifs is 5. The van der Waals surface area contributed by atoms with E-state index in [0.717, 1.165) is 159 Å². The summed E-state index contributed by atoms with van der Waals surface area (Å²) in [5.41, 5.74) is 12.8. The molecule has 0 saturated carbocycles. The molecule has 1 unspecified atom stereocenters. The van der Waals surface area contributed by atoms with Crippen LogP contribution in [0, 0.1) is 25.7 Å². The van der Waals surface area contributed by atoms with Gasteiger partial charge in [0.2, 0.25) is 17.7 Å². The number of hydrogen-bond acceptors (Lipinski definition) is 22. The number of esters is 1. The minimum Gasteiger partial charge on any atom is -0.493 e. The first kappa shape index (κ1) is 86.7. The summed E-state index contributed by atoms with van der Waals surface area (Å²) >= 11 is 2.87. The van der Waals surface area contributed by atoms with Crippen molar-refractivity contribution >= 4 is 129 Å². The molecule has 1 atom stereocenters. The van der Waals surface area contributed by atoms with Crippen molar-refractivity contribution < 1.29 is 62.8 Å². The lowest BCUT2D eigenvalue weighted by Gasteiger charge is -2.31. The minimum atomic E-state index is -1.13. The number of carbonyl (C=O) groups is 8. The highest BCUT2D eigenvalue weighted by Gasteiger charge is 2.35. The predicted octanol–water partition coefficient (Wildman–Crippen LogP) is 16.5. The summed E-state index contributed by atoms with van der Waals surface area (Å²) in [6.07, 6.45) is 9.84. The second-order valence-electron chi connectivity index (χ2n) is 34.0. The number of amides is 5. The number of imide groups is 1. The zero-order valence-electron chi connectivity index (χ0n) is 71.5. The fourth-order valence-corrected chi connectivity index (χ4v) is 19.5. The fourth-order valence-electron chi connectivity index (χ4n) is 17.8. The molecule has 29 heteroatoms. The van der Waals surface area contributed by atoms with Gasteiger partial charge in [-0.05, 0) is 279 Å². The van der Waals surface area contributed by atoms with Gasteiger partial charge in [0, 0.05) is 73.0 Å². The van der Waals surface area contributed by atoms with E-state index in [1.165, 1.54) is 22.7 Å². The van der Waals surface area contributed by atoms with E-state index in [9.17, 15) is 43.5 Å². The quantitative estimate of drug-likeness (QED) is 0.0167. The third-order valence-electron chi connectivity index (χ3n) is 24.3. The Balaban J connectivity index is 0.000000190. The smallest absolute Gasteiger partial charge is 0.358 e. The monoisotopic (exact) mass is 1730 g/mol. The first-order valence-corrected chi connectivity index (χ1v) is 44.8. The summed E-state index contributed by atoms with van der Waals surface area (Å²) in [6, 6.07) is 51.8. The molecule has 0 bridgehead atoms. The Kier molecular flexibility index (Phi) is 26.4. The van der Waals surface area contributed by atoms with Gasteiger partial charge in [-0.1, -0.05) is 95.5 Å². The van der Waals surface area contributed by atoms with E-state index < -0.39 is 29.4 Å². The Labute approximate surface area is 737 Å². The molecule has 0 spiro atoms. The van der Waals surface area contributed by atoms with Gasteiger partial charge in [-0.2, -0.15) is 5.10 Å². The second kappa shape index (κ2) is 38.3. The van der Waals surface area contributed by atoms with E-state index in [1.807, 2.05) is 202 Å². The van der Waals surface area contributed by atoms with Gasteiger partial charge in [0.1, 0.15) is 28.7 Å². The molecule has 5 aliphatic rings. The molecule has 3 saturated heterocycles. The number of likely N-dealkylation sites (tertiary alicyclic amines) is 2. The van der Waals surface area contributed by atoms with Crippen LogP contribution in [0.1, 0.15) is 172 Å². The number of carboxylic acid groups (broad SMARTS) is 2. The highest BCUT2D eigenvalue weighted by atomic mass is 32.1. The zero-order chi connectivity index (χ0) is 87.9. The first-order chi connectivity index (χ1) is 60.9. The number of para-hydroxylation sites is 2. The number of rotatable bonds is 26. The van der Waals surface area contributed by atoms with Crippen LogP contribution in [0.15, 0.2) is 164 Å². The van der Waals surface area contributed by atoms with Crippen LogP contribution in [0.5, 0.6) is 11.5 Å². The lowest BCUT2D eigenvalue weighted by atomic mass is 9.92. The van der Waals surface area contributed by atoms with Crippen molar-refractivity contribution in [2.24, 2.45) is 18.9 Å². The Bertz CT molecular complexity index is 6090. The molecular weight excluding hydrogens is 1630 g/mol. The van der Waals surface area contributed by atoms with Gasteiger partial charge in [-0.3, -0.25) is 59.2 Å². The molecule has 650 valence electrons. The van der Waals surface area contributed by atoms with Gasteiger partial charge in [-0.25, -0.2) is 29.5 Å². The van der Waals surface area contributed by atoms with Crippen LogP contribution < -0.4 is 40.5 Å². The number of benzene rings is 7. The maximum atomic E-state index is 13.9. The summed E-state index contributed by atoms with van der Waals surface area (Å²) in [6.45, 7) is 16.4. The number of piperidine rings is 3. The number of nitrogens with zero attached hydrogens (tertiary/aromatic N) is 10. The van der Waals surface area contributed by atoms with Crippen molar-refractivity contribution in [2.45, 2.75) is 136 Å². The molecule has 5 aromatic heterocycles. The van der Waals surface area contributed by atoms with Crippen LogP contribution in [0.3, 0.4) is 0 Å². The molecule has 0 aliphatic carbocycles. The molecule has 126 heavy (non-hydrogen) atoms. The van der Waals surface area contributed by atoms with Crippen LogP contribution in [-0.2, 0) is 56.9 Å². The van der Waals surface area contributed by atoms with Crippen LogP contribution in [-0.4, -0.2) is 168 Å². The lowest BCUT2D eigenvalue weighted by molar-refractivity contribution is -0.139. The molecule has 3 fully saturated rings. The Hall–Kier alpha value is -12.8. The number of carbonyl (C=O) groups excluding carboxylic acids is 6. The Morgan fingerprint density at radius 1 is 0.540 bits per heavy atom. The number of nitrogens with one attached hydrogen (secondary N) is 4. The summed E-state index contributed by atoms with van der Waals surface area (Å²) in [5, 5.41) is 37.5. The maximum Gasteiger partial charge on any atom is 0.358 e. The van der Waals surface area contributed by atoms with Crippen molar-refractivity contribution in [1.82, 2.24) is 44.8 Å². The van der Waals surface area contributed by atoms with Crippen molar-refractivity contribution in [3.05, 3.63) is 225 Å². The van der Waals surface area contributed by atoms with E-state index in [-0.39, 0.29) is 53.9 Å². The number of aromatic nitrogens is 6. The molecule has 12 aromatic rings. The molecular formula is C97H102N14O13S2. The first-order valence-electron chi connectivity index (χ1n) is 43.1. The number of aromatic carboxylic acids is 1. The standard InChI is InChI=1S/C53H53N9O7S.C44H49N5O6S/c1-31-35(36-17-19-45(56-49(36)52(67)68)62-26-23-33-9-5-11-37(40(33)29-62)50(65)58-53-55-41-12-3-4-14-44(41)70-53)10-6-13-43(31)69-27-7-8-32-21-24-61(25-22-32)30-47(64)54-34-15-16-38-42(28-34)60(2)59-48(38)39-18-20-46(63)57-51(39)66;1-28-31(12-8-15-36(28)54-25-9-10-29-19-22-48(23-20-29)27-39(50)51)32-17-18-38(46-40(32)42(53)55-44(2,3)4)49-24-21-30-11-7-13-33(34(30)26-49)41(52)47-43-45-35-14-5-6-16-37(35)56-43/h3-6,9-17,19,28,32,39H,7-8,18,20-27,29-30H2,1-2H3,(H,54,64)(H,67,68)(H,55,58,65)(H,57,63,66);5-8,11-18,29H,9-10,19-27H2,1-4H3,(H,50,51)(H,45,47,52). The predicted molar refractivity (Wildman–Crippen MR) is 488 cm³/mol. The van der Waals surface area contributed by atoms with Crippen molar-refractivity contribution in [3.8, 4) is 33.8 Å². The Morgan fingerprint density at radius 3 is 1.56 bits per heavy atom. The van der Waals surface area contributed by atoms with Crippen LogP contribution in [0.2, 0.25) is 0 Å². The third kappa shape index (κ3) is 20.2. The van der Waals surface area contributed by atoms with E-state index in [2.05, 4.69) is 52.2 Å². The normalized spacial score (nSPS) is 15.9. The van der Waals surface area contributed by atoms with Gasteiger partial charge in [0.15, 0.2) is 21.7 Å². The summed E-state index contributed by atoms with van der Waals surface area (Å²) in [4.78, 5) is 130. The van der Waals surface area contributed by atoms with Gasteiger partial charge in [0.25, 0.3) is 11.8 Å². The summed E-state index contributed by atoms with van der Waals surface area (Å²) < 4.78 is 22.2. The van der Waals surface area contributed by atoms with Gasteiger partial charge < -0.3 is 39.5 Å². The van der Waals surface area contributed by atoms with Crippen molar-refractivity contribution in [2.75, 3.05) is 91.3 Å². The number of anilines is 5. The number of aryl methyl sites for hydroxylation is 1. The topological polar surface area (TPSA) is 335 Å². The molecule has 17 rings (SSSR count). The minimum absolute atomic E-state index is 0.0532.